The molecule has 0 aromatic carbocycles. The van der Waals surface area contributed by atoms with Gasteiger partial charge in [0, 0.05) is 14.1 Å². The third-order valence-corrected chi connectivity index (χ3v) is 5.27. The first kappa shape index (κ1) is 14.6. The van der Waals surface area contributed by atoms with Gasteiger partial charge in [0.25, 0.3) is 10.0 Å². The van der Waals surface area contributed by atoms with E-state index in [9.17, 15) is 8.42 Å². The van der Waals surface area contributed by atoms with Gasteiger partial charge in [-0.2, -0.15) is 0 Å². The molecule has 6 heteroatoms. The minimum atomic E-state index is -3.46. The van der Waals surface area contributed by atoms with Gasteiger partial charge in [-0.25, -0.2) is 12.7 Å². The number of hydrogen-bond acceptors (Lipinski definition) is 4. The van der Waals surface area contributed by atoms with E-state index >= 15 is 0 Å². The van der Waals surface area contributed by atoms with Crippen LogP contribution in [0.5, 0.6) is 0 Å². The van der Waals surface area contributed by atoms with Crippen molar-refractivity contribution < 1.29 is 12.8 Å². The van der Waals surface area contributed by atoms with Crippen molar-refractivity contribution in [2.24, 2.45) is 5.92 Å². The highest BCUT2D eigenvalue weighted by Crippen LogP contribution is 2.24. The first-order valence-corrected chi connectivity index (χ1v) is 8.16. The van der Waals surface area contributed by atoms with Gasteiger partial charge in [0.2, 0.25) is 5.09 Å². The average Bonchev–Trinajstić information content (AvgIpc) is 2.99. The van der Waals surface area contributed by atoms with Gasteiger partial charge in [-0.15, -0.1) is 0 Å². The van der Waals surface area contributed by atoms with Gasteiger partial charge in [-0.05, 0) is 37.4 Å². The van der Waals surface area contributed by atoms with E-state index in [2.05, 4.69) is 5.32 Å². The van der Waals surface area contributed by atoms with Crippen LogP contribution in [0, 0.1) is 5.92 Å². The molecule has 0 aliphatic heterocycles. The van der Waals surface area contributed by atoms with Gasteiger partial charge in [0.05, 0.1) is 6.54 Å². The Morgan fingerprint density at radius 1 is 1.32 bits per heavy atom. The summed E-state index contributed by atoms with van der Waals surface area (Å²) in [5.74, 6) is 1.43. The Kier molecular flexibility index (Phi) is 4.65. The smallest absolute Gasteiger partial charge is 0.275 e. The average molecular weight is 286 g/mol. The lowest BCUT2D eigenvalue weighted by Crippen LogP contribution is -2.22. The number of rotatable bonds is 6. The highest BCUT2D eigenvalue weighted by atomic mass is 32.2. The van der Waals surface area contributed by atoms with Crippen LogP contribution < -0.4 is 5.32 Å². The Hall–Kier alpha value is -0.850. The highest BCUT2D eigenvalue weighted by Gasteiger charge is 2.21. The largest absolute Gasteiger partial charge is 0.447 e. The van der Waals surface area contributed by atoms with E-state index < -0.39 is 10.0 Å². The topological polar surface area (TPSA) is 62.6 Å². The van der Waals surface area contributed by atoms with Crippen molar-refractivity contribution in [1.29, 1.82) is 0 Å². The van der Waals surface area contributed by atoms with Crippen LogP contribution in [0.1, 0.15) is 31.4 Å². The predicted molar refractivity (Wildman–Crippen MR) is 73.2 cm³/mol. The lowest BCUT2D eigenvalue weighted by molar-refractivity contribution is 0.381. The van der Waals surface area contributed by atoms with Crippen LogP contribution >= 0.6 is 0 Å². The third kappa shape index (κ3) is 3.58. The summed E-state index contributed by atoms with van der Waals surface area (Å²) in [6.45, 7) is 1.57. The summed E-state index contributed by atoms with van der Waals surface area (Å²) in [5.41, 5.74) is 0. The Bertz CT molecular complexity index is 502. The maximum Gasteiger partial charge on any atom is 0.275 e. The maximum absolute atomic E-state index is 11.8. The molecule has 1 fully saturated rings. The lowest BCUT2D eigenvalue weighted by Gasteiger charge is -2.09. The zero-order valence-electron chi connectivity index (χ0n) is 11.6. The maximum atomic E-state index is 11.8. The molecular weight excluding hydrogens is 264 g/mol. The number of nitrogens with zero attached hydrogens (tertiary/aromatic N) is 1. The molecule has 0 atom stereocenters. The van der Waals surface area contributed by atoms with Gasteiger partial charge in [0.1, 0.15) is 5.76 Å². The molecule has 2 rings (SSSR count). The molecule has 1 aromatic heterocycles. The number of sulfonamides is 1. The van der Waals surface area contributed by atoms with E-state index in [1.54, 1.807) is 6.07 Å². The Morgan fingerprint density at radius 2 is 2.00 bits per heavy atom. The molecule has 1 saturated carbocycles. The Labute approximate surface area is 115 Å². The first-order valence-electron chi connectivity index (χ1n) is 6.72. The molecule has 1 aliphatic carbocycles. The minimum Gasteiger partial charge on any atom is -0.447 e. The summed E-state index contributed by atoms with van der Waals surface area (Å²) in [7, 11) is -0.466. The summed E-state index contributed by atoms with van der Waals surface area (Å²) >= 11 is 0. The highest BCUT2D eigenvalue weighted by molar-refractivity contribution is 7.88. The van der Waals surface area contributed by atoms with E-state index in [-0.39, 0.29) is 5.09 Å². The third-order valence-electron chi connectivity index (χ3n) is 3.58. The molecule has 1 heterocycles. The van der Waals surface area contributed by atoms with Crippen molar-refractivity contribution >= 4 is 10.0 Å². The van der Waals surface area contributed by atoms with Gasteiger partial charge in [-0.3, -0.25) is 0 Å². The second kappa shape index (κ2) is 6.07. The van der Waals surface area contributed by atoms with Crippen molar-refractivity contribution in [3.8, 4) is 0 Å². The van der Waals surface area contributed by atoms with Crippen molar-refractivity contribution in [2.45, 2.75) is 37.3 Å². The van der Waals surface area contributed by atoms with Gasteiger partial charge in [-0.1, -0.05) is 12.8 Å². The number of furan rings is 1. The summed E-state index contributed by atoms with van der Waals surface area (Å²) in [6, 6.07) is 3.24. The summed E-state index contributed by atoms with van der Waals surface area (Å²) < 4.78 is 30.2. The molecule has 0 bridgehead atoms. The zero-order valence-corrected chi connectivity index (χ0v) is 12.4. The van der Waals surface area contributed by atoms with Crippen LogP contribution in [0.4, 0.5) is 0 Å². The van der Waals surface area contributed by atoms with Crippen LogP contribution in [0.3, 0.4) is 0 Å². The molecule has 0 saturated heterocycles. The first-order chi connectivity index (χ1) is 9.00. The monoisotopic (exact) mass is 286 g/mol. The molecule has 5 nitrogen and oxygen atoms in total. The molecular formula is C13H22N2O3S. The van der Waals surface area contributed by atoms with E-state index in [1.165, 1.54) is 45.8 Å². The fraction of sp³-hybridized carbons (Fsp3) is 0.692. The zero-order chi connectivity index (χ0) is 13.9. The van der Waals surface area contributed by atoms with Crippen LogP contribution in [-0.4, -0.2) is 33.4 Å². The van der Waals surface area contributed by atoms with E-state index in [0.717, 1.165) is 16.8 Å². The van der Waals surface area contributed by atoms with Crippen molar-refractivity contribution in [1.82, 2.24) is 9.62 Å². The summed E-state index contributed by atoms with van der Waals surface area (Å²) in [6.07, 6.45) is 5.26. The summed E-state index contributed by atoms with van der Waals surface area (Å²) in [4.78, 5) is 0. The molecule has 1 N–H and O–H groups in total. The number of nitrogens with one attached hydrogen (secondary N) is 1. The molecule has 1 aliphatic rings. The molecule has 0 amide bonds. The van der Waals surface area contributed by atoms with Crippen molar-refractivity contribution in [2.75, 3.05) is 20.6 Å². The Balaban J connectivity index is 1.87. The normalized spacial score (nSPS) is 17.4. The SMILES string of the molecule is CN(C)S(=O)(=O)c1ccc(CNCC2CCCC2)o1. The molecule has 0 radical (unpaired) electrons. The minimum absolute atomic E-state index is 0.00941. The van der Waals surface area contributed by atoms with Gasteiger partial charge < -0.3 is 9.73 Å². The predicted octanol–water partition coefficient (Wildman–Crippen LogP) is 1.81. The molecule has 1 aromatic rings. The molecule has 108 valence electrons. The van der Waals surface area contributed by atoms with Crippen LogP contribution in [0.25, 0.3) is 0 Å². The van der Waals surface area contributed by atoms with Crippen LogP contribution in [-0.2, 0) is 16.6 Å². The molecule has 19 heavy (non-hydrogen) atoms. The fourth-order valence-corrected chi connectivity index (χ4v) is 3.20. The standard InChI is InChI=1S/C13H22N2O3S/c1-15(2)19(16,17)13-8-7-12(18-13)10-14-9-11-5-3-4-6-11/h7-8,11,14H,3-6,9-10H2,1-2H3. The Morgan fingerprint density at radius 3 is 2.63 bits per heavy atom. The van der Waals surface area contributed by atoms with E-state index in [0.29, 0.717) is 12.3 Å². The van der Waals surface area contributed by atoms with Crippen molar-refractivity contribution in [3.63, 3.8) is 0 Å². The summed E-state index contributed by atoms with van der Waals surface area (Å²) in [5, 5.41) is 3.34. The number of hydrogen-bond donors (Lipinski definition) is 1. The second-order valence-electron chi connectivity index (χ2n) is 5.29. The lowest BCUT2D eigenvalue weighted by atomic mass is 10.1. The van der Waals surface area contributed by atoms with Gasteiger partial charge in [0.15, 0.2) is 0 Å². The van der Waals surface area contributed by atoms with Crippen LogP contribution in [0.2, 0.25) is 0 Å². The van der Waals surface area contributed by atoms with Crippen LogP contribution in [0.15, 0.2) is 21.6 Å². The van der Waals surface area contributed by atoms with E-state index in [1.807, 2.05) is 0 Å². The molecule has 0 spiro atoms. The van der Waals surface area contributed by atoms with Gasteiger partial charge >= 0.3 is 0 Å². The quantitative estimate of drug-likeness (QED) is 0.866. The second-order valence-corrected chi connectivity index (χ2v) is 7.37. The fourth-order valence-electron chi connectivity index (χ4n) is 2.39. The van der Waals surface area contributed by atoms with Crippen molar-refractivity contribution in [3.05, 3.63) is 17.9 Å². The molecule has 0 unspecified atom stereocenters. The van der Waals surface area contributed by atoms with E-state index in [4.69, 9.17) is 4.42 Å².